The Bertz CT molecular complexity index is 791. The lowest BCUT2D eigenvalue weighted by Gasteiger charge is -2.08. The Morgan fingerprint density at radius 1 is 1.12 bits per heavy atom. The molecule has 130 valence electrons. The lowest BCUT2D eigenvalue weighted by atomic mass is 10.2. The summed E-state index contributed by atoms with van der Waals surface area (Å²) in [6.45, 7) is 3.17. The van der Waals surface area contributed by atoms with E-state index < -0.39 is 0 Å². The zero-order chi connectivity index (χ0) is 17.5. The molecule has 0 spiro atoms. The maximum atomic E-state index is 12.0. The number of anilines is 1. The van der Waals surface area contributed by atoms with Crippen molar-refractivity contribution in [3.8, 4) is 5.75 Å². The fourth-order valence-corrected chi connectivity index (χ4v) is 2.44. The number of rotatable bonds is 7. The van der Waals surface area contributed by atoms with Crippen LogP contribution in [0.3, 0.4) is 0 Å². The highest BCUT2D eigenvalue weighted by molar-refractivity contribution is 5.89. The minimum atomic E-state index is -0.278. The number of carbonyl (C=O) groups is 1. The molecule has 0 aliphatic carbocycles. The molecule has 3 aromatic rings. The van der Waals surface area contributed by atoms with Crippen molar-refractivity contribution in [3.05, 3.63) is 60.4 Å². The first-order valence-electron chi connectivity index (χ1n) is 8.50. The van der Waals surface area contributed by atoms with Crippen LogP contribution in [-0.2, 0) is 6.54 Å². The summed E-state index contributed by atoms with van der Waals surface area (Å²) in [5.74, 6) is 1.53. The number of benzene rings is 2. The summed E-state index contributed by atoms with van der Waals surface area (Å²) in [4.78, 5) is 12.0. The highest BCUT2D eigenvalue weighted by Crippen LogP contribution is 2.19. The van der Waals surface area contributed by atoms with Gasteiger partial charge in [-0.1, -0.05) is 31.5 Å². The van der Waals surface area contributed by atoms with Crippen LogP contribution in [0, 0.1) is 0 Å². The molecule has 0 fully saturated rings. The minimum absolute atomic E-state index is 0.278. The molecule has 2 amide bonds. The third-order valence-electron chi connectivity index (χ3n) is 3.78. The van der Waals surface area contributed by atoms with Crippen LogP contribution in [0.4, 0.5) is 10.5 Å². The van der Waals surface area contributed by atoms with Gasteiger partial charge in [-0.3, -0.25) is 0 Å². The number of hydrogen-bond acceptors (Lipinski definition) is 3. The molecule has 0 saturated heterocycles. The Balaban J connectivity index is 1.48. The largest absolute Gasteiger partial charge is 0.494 e. The van der Waals surface area contributed by atoms with Crippen molar-refractivity contribution >= 4 is 22.7 Å². The van der Waals surface area contributed by atoms with Gasteiger partial charge in [-0.05, 0) is 42.8 Å². The maximum absolute atomic E-state index is 12.0. The third-order valence-corrected chi connectivity index (χ3v) is 3.78. The Morgan fingerprint density at radius 2 is 1.92 bits per heavy atom. The monoisotopic (exact) mass is 338 g/mol. The van der Waals surface area contributed by atoms with Crippen molar-refractivity contribution in [3.63, 3.8) is 0 Å². The van der Waals surface area contributed by atoms with E-state index in [4.69, 9.17) is 9.15 Å². The smallest absolute Gasteiger partial charge is 0.319 e. The fourth-order valence-electron chi connectivity index (χ4n) is 2.44. The second-order valence-electron chi connectivity index (χ2n) is 5.78. The molecule has 5 nitrogen and oxygen atoms in total. The van der Waals surface area contributed by atoms with E-state index in [-0.39, 0.29) is 6.03 Å². The molecule has 1 aromatic heterocycles. The number of ether oxygens (including phenoxy) is 1. The molecular weight excluding hydrogens is 316 g/mol. The number of hydrogen-bond donors (Lipinski definition) is 2. The van der Waals surface area contributed by atoms with E-state index >= 15 is 0 Å². The number of fused-ring (bicyclic) bond motifs is 1. The Labute approximate surface area is 147 Å². The normalized spacial score (nSPS) is 10.6. The fraction of sp³-hybridized carbons (Fsp3) is 0.250. The summed E-state index contributed by atoms with van der Waals surface area (Å²) < 4.78 is 11.3. The molecule has 2 aromatic carbocycles. The van der Waals surface area contributed by atoms with E-state index in [2.05, 4.69) is 17.6 Å². The van der Waals surface area contributed by atoms with Crippen molar-refractivity contribution in [1.29, 1.82) is 0 Å². The highest BCUT2D eigenvalue weighted by atomic mass is 16.5. The topological polar surface area (TPSA) is 63.5 Å². The number of para-hydroxylation sites is 1. The van der Waals surface area contributed by atoms with Gasteiger partial charge in [-0.25, -0.2) is 4.79 Å². The van der Waals surface area contributed by atoms with Crippen LogP contribution in [0.2, 0.25) is 0 Å². The standard InChI is InChI=1S/C20H22N2O3/c1-2-3-12-24-17-10-8-16(9-11-17)22-20(23)21-14-18-13-15-6-4-5-7-19(15)25-18/h4-11,13H,2-3,12,14H2,1H3,(H2,21,22,23). The third kappa shape index (κ3) is 4.76. The molecule has 1 heterocycles. The van der Waals surface area contributed by atoms with Gasteiger partial charge in [0, 0.05) is 11.1 Å². The summed E-state index contributed by atoms with van der Waals surface area (Å²) in [7, 11) is 0. The lowest BCUT2D eigenvalue weighted by molar-refractivity contribution is 0.251. The molecule has 0 unspecified atom stereocenters. The molecule has 0 saturated carbocycles. The average molecular weight is 338 g/mol. The van der Waals surface area contributed by atoms with E-state index in [0.29, 0.717) is 18.8 Å². The summed E-state index contributed by atoms with van der Waals surface area (Å²) in [6.07, 6.45) is 2.13. The number of nitrogens with one attached hydrogen (secondary N) is 2. The van der Waals surface area contributed by atoms with Crippen LogP contribution >= 0.6 is 0 Å². The van der Waals surface area contributed by atoms with Crippen molar-refractivity contribution in [2.24, 2.45) is 0 Å². The van der Waals surface area contributed by atoms with Gasteiger partial charge in [0.1, 0.15) is 17.1 Å². The van der Waals surface area contributed by atoms with Gasteiger partial charge in [0.2, 0.25) is 0 Å². The van der Waals surface area contributed by atoms with Crippen LogP contribution < -0.4 is 15.4 Å². The Morgan fingerprint density at radius 3 is 2.68 bits per heavy atom. The van der Waals surface area contributed by atoms with E-state index in [1.807, 2.05) is 54.6 Å². The van der Waals surface area contributed by atoms with Crippen LogP contribution in [0.25, 0.3) is 11.0 Å². The number of furan rings is 1. The van der Waals surface area contributed by atoms with Gasteiger partial charge in [0.05, 0.1) is 13.2 Å². The average Bonchev–Trinajstić information content (AvgIpc) is 3.05. The van der Waals surface area contributed by atoms with Crippen molar-refractivity contribution in [2.75, 3.05) is 11.9 Å². The number of urea groups is 1. The van der Waals surface area contributed by atoms with Crippen LogP contribution in [0.15, 0.2) is 59.0 Å². The summed E-state index contributed by atoms with van der Waals surface area (Å²) in [5.41, 5.74) is 1.53. The van der Waals surface area contributed by atoms with Gasteiger partial charge in [-0.2, -0.15) is 0 Å². The summed E-state index contributed by atoms with van der Waals surface area (Å²) in [6, 6.07) is 16.8. The quantitative estimate of drug-likeness (QED) is 0.600. The molecule has 0 atom stereocenters. The lowest BCUT2D eigenvalue weighted by Crippen LogP contribution is -2.27. The second kappa shape index (κ2) is 8.24. The van der Waals surface area contributed by atoms with E-state index in [1.54, 1.807) is 0 Å². The maximum Gasteiger partial charge on any atom is 0.319 e. The molecular formula is C20H22N2O3. The first-order valence-corrected chi connectivity index (χ1v) is 8.50. The van der Waals surface area contributed by atoms with E-state index in [9.17, 15) is 4.79 Å². The summed E-state index contributed by atoms with van der Waals surface area (Å²) in [5, 5.41) is 6.61. The predicted octanol–water partition coefficient (Wildman–Crippen LogP) is 4.93. The number of amides is 2. The van der Waals surface area contributed by atoms with Crippen LogP contribution in [0.5, 0.6) is 5.75 Å². The molecule has 0 aliphatic rings. The van der Waals surface area contributed by atoms with Crippen LogP contribution in [0.1, 0.15) is 25.5 Å². The van der Waals surface area contributed by atoms with E-state index in [1.165, 1.54) is 0 Å². The molecule has 0 bridgehead atoms. The second-order valence-corrected chi connectivity index (χ2v) is 5.78. The summed E-state index contributed by atoms with van der Waals surface area (Å²) >= 11 is 0. The Kier molecular flexibility index (Phi) is 5.57. The van der Waals surface area contributed by atoms with Gasteiger partial charge < -0.3 is 19.8 Å². The SMILES string of the molecule is CCCCOc1ccc(NC(=O)NCc2cc3ccccc3o2)cc1. The molecule has 0 radical (unpaired) electrons. The highest BCUT2D eigenvalue weighted by Gasteiger charge is 2.06. The van der Waals surface area contributed by atoms with Crippen molar-refractivity contribution < 1.29 is 13.9 Å². The first-order chi connectivity index (χ1) is 12.2. The molecule has 0 aliphatic heterocycles. The van der Waals surface area contributed by atoms with Crippen molar-refractivity contribution in [2.45, 2.75) is 26.3 Å². The molecule has 3 rings (SSSR count). The number of unbranched alkanes of at least 4 members (excludes halogenated alkanes) is 1. The molecule has 5 heteroatoms. The van der Waals surface area contributed by atoms with Gasteiger partial charge in [0.25, 0.3) is 0 Å². The predicted molar refractivity (Wildman–Crippen MR) is 98.9 cm³/mol. The first kappa shape index (κ1) is 16.9. The van der Waals surface area contributed by atoms with Gasteiger partial charge in [0.15, 0.2) is 0 Å². The van der Waals surface area contributed by atoms with Crippen LogP contribution in [-0.4, -0.2) is 12.6 Å². The van der Waals surface area contributed by atoms with E-state index in [0.717, 1.165) is 35.3 Å². The Hall–Kier alpha value is -2.95. The zero-order valence-corrected chi connectivity index (χ0v) is 14.2. The molecule has 25 heavy (non-hydrogen) atoms. The van der Waals surface area contributed by atoms with Gasteiger partial charge >= 0.3 is 6.03 Å². The number of carbonyl (C=O) groups excluding carboxylic acids is 1. The zero-order valence-electron chi connectivity index (χ0n) is 14.2. The van der Waals surface area contributed by atoms with Gasteiger partial charge in [-0.15, -0.1) is 0 Å². The van der Waals surface area contributed by atoms with Crippen molar-refractivity contribution in [1.82, 2.24) is 5.32 Å². The minimum Gasteiger partial charge on any atom is -0.494 e. The molecule has 2 N–H and O–H groups in total.